The SMILES string of the molecule is NNc1ccc(Sc2ccc(Cl)cc2)cc1. The molecule has 0 aliphatic rings. The summed E-state index contributed by atoms with van der Waals surface area (Å²) in [5.74, 6) is 5.30. The molecular formula is C12H11ClN2S. The molecule has 0 fully saturated rings. The van der Waals surface area contributed by atoms with Gasteiger partial charge in [0.15, 0.2) is 0 Å². The van der Waals surface area contributed by atoms with Crippen LogP contribution >= 0.6 is 23.4 Å². The van der Waals surface area contributed by atoms with E-state index in [1.165, 1.54) is 4.90 Å². The zero-order valence-electron chi connectivity index (χ0n) is 8.48. The highest BCUT2D eigenvalue weighted by molar-refractivity contribution is 7.99. The average Bonchev–Trinajstić information content (AvgIpc) is 2.33. The van der Waals surface area contributed by atoms with Crippen molar-refractivity contribution in [3.63, 3.8) is 0 Å². The highest BCUT2D eigenvalue weighted by Gasteiger charge is 1.97. The van der Waals surface area contributed by atoms with Crippen LogP contribution in [0, 0.1) is 0 Å². The topological polar surface area (TPSA) is 38.0 Å². The maximum atomic E-state index is 5.82. The van der Waals surface area contributed by atoms with Gasteiger partial charge in [-0.05, 0) is 48.5 Å². The third-order valence-corrected chi connectivity index (χ3v) is 3.34. The Morgan fingerprint density at radius 2 is 1.38 bits per heavy atom. The summed E-state index contributed by atoms with van der Waals surface area (Å²) < 4.78 is 0. The number of hydrogen-bond acceptors (Lipinski definition) is 3. The van der Waals surface area contributed by atoms with E-state index in [2.05, 4.69) is 5.43 Å². The van der Waals surface area contributed by atoms with Crippen molar-refractivity contribution in [2.24, 2.45) is 5.84 Å². The van der Waals surface area contributed by atoms with Gasteiger partial charge < -0.3 is 5.43 Å². The molecule has 0 aliphatic carbocycles. The van der Waals surface area contributed by atoms with Gasteiger partial charge in [-0.3, -0.25) is 5.84 Å². The lowest BCUT2D eigenvalue weighted by molar-refractivity contribution is 1.33. The van der Waals surface area contributed by atoms with Crippen molar-refractivity contribution in [2.75, 3.05) is 5.43 Å². The van der Waals surface area contributed by atoms with Crippen LogP contribution in [0.1, 0.15) is 0 Å². The summed E-state index contributed by atoms with van der Waals surface area (Å²) in [4.78, 5) is 2.33. The fourth-order valence-electron chi connectivity index (χ4n) is 1.26. The Bertz CT molecular complexity index is 453. The Balaban J connectivity index is 2.11. The molecule has 0 aliphatic heterocycles. The molecule has 0 atom stereocenters. The van der Waals surface area contributed by atoms with E-state index < -0.39 is 0 Å². The fourth-order valence-corrected chi connectivity index (χ4v) is 2.20. The Morgan fingerprint density at radius 1 is 0.875 bits per heavy atom. The summed E-state index contributed by atoms with van der Waals surface area (Å²) in [6.45, 7) is 0. The third-order valence-electron chi connectivity index (χ3n) is 2.07. The standard InChI is InChI=1S/C12H11ClN2S/c13-9-1-5-11(6-2-9)16-12-7-3-10(15-14)4-8-12/h1-8,15H,14H2. The second kappa shape index (κ2) is 5.25. The molecule has 16 heavy (non-hydrogen) atoms. The quantitative estimate of drug-likeness (QED) is 0.643. The number of nitrogen functional groups attached to an aromatic ring is 1. The molecule has 2 rings (SSSR count). The van der Waals surface area contributed by atoms with Crippen molar-refractivity contribution in [1.29, 1.82) is 0 Å². The van der Waals surface area contributed by atoms with E-state index in [-0.39, 0.29) is 0 Å². The summed E-state index contributed by atoms with van der Waals surface area (Å²) in [7, 11) is 0. The highest BCUT2D eigenvalue weighted by atomic mass is 35.5. The van der Waals surface area contributed by atoms with Gasteiger partial charge in [0, 0.05) is 20.5 Å². The Morgan fingerprint density at radius 3 is 1.88 bits per heavy atom. The van der Waals surface area contributed by atoms with Gasteiger partial charge in [0.05, 0.1) is 0 Å². The number of anilines is 1. The zero-order valence-corrected chi connectivity index (χ0v) is 10.1. The largest absolute Gasteiger partial charge is 0.324 e. The molecular weight excluding hydrogens is 240 g/mol. The van der Waals surface area contributed by atoms with Crippen LogP contribution in [-0.4, -0.2) is 0 Å². The van der Waals surface area contributed by atoms with Gasteiger partial charge in [-0.1, -0.05) is 23.4 Å². The molecule has 2 nitrogen and oxygen atoms in total. The maximum absolute atomic E-state index is 5.82. The number of hydrazine groups is 1. The predicted molar refractivity (Wildman–Crippen MR) is 69.8 cm³/mol. The van der Waals surface area contributed by atoms with Gasteiger partial charge in [0.2, 0.25) is 0 Å². The Labute approximate surface area is 104 Å². The first-order valence-corrected chi connectivity index (χ1v) is 5.97. The van der Waals surface area contributed by atoms with Gasteiger partial charge in [0.1, 0.15) is 0 Å². The fraction of sp³-hybridized carbons (Fsp3) is 0. The van der Waals surface area contributed by atoms with Crippen LogP contribution in [0.25, 0.3) is 0 Å². The van der Waals surface area contributed by atoms with E-state index in [9.17, 15) is 0 Å². The second-order valence-corrected chi connectivity index (χ2v) is 4.81. The number of benzene rings is 2. The smallest absolute Gasteiger partial charge is 0.0485 e. The molecule has 0 saturated carbocycles. The van der Waals surface area contributed by atoms with E-state index in [1.807, 2.05) is 48.5 Å². The van der Waals surface area contributed by atoms with Gasteiger partial charge >= 0.3 is 0 Å². The highest BCUT2D eigenvalue weighted by Crippen LogP contribution is 2.29. The van der Waals surface area contributed by atoms with Crippen LogP contribution in [0.4, 0.5) is 5.69 Å². The van der Waals surface area contributed by atoms with Crippen molar-refractivity contribution in [3.8, 4) is 0 Å². The molecule has 2 aromatic rings. The lowest BCUT2D eigenvalue weighted by Gasteiger charge is -2.03. The Hall–Kier alpha value is -1.16. The van der Waals surface area contributed by atoms with Gasteiger partial charge in [0.25, 0.3) is 0 Å². The number of nitrogens with two attached hydrogens (primary N) is 1. The van der Waals surface area contributed by atoms with E-state index in [1.54, 1.807) is 11.8 Å². The van der Waals surface area contributed by atoms with Crippen LogP contribution in [-0.2, 0) is 0 Å². The minimum Gasteiger partial charge on any atom is -0.324 e. The normalized spacial score (nSPS) is 10.1. The van der Waals surface area contributed by atoms with Crippen molar-refractivity contribution in [2.45, 2.75) is 9.79 Å². The van der Waals surface area contributed by atoms with Gasteiger partial charge in [-0.2, -0.15) is 0 Å². The van der Waals surface area contributed by atoms with Crippen molar-refractivity contribution >= 4 is 29.1 Å². The summed E-state index contributed by atoms with van der Waals surface area (Å²) >= 11 is 7.51. The van der Waals surface area contributed by atoms with Gasteiger partial charge in [-0.25, -0.2) is 0 Å². The third kappa shape index (κ3) is 2.92. The lowest BCUT2D eigenvalue weighted by Crippen LogP contribution is -2.05. The molecule has 4 heteroatoms. The first-order chi connectivity index (χ1) is 7.78. The molecule has 0 radical (unpaired) electrons. The average molecular weight is 251 g/mol. The molecule has 0 spiro atoms. The van der Waals surface area contributed by atoms with Crippen molar-refractivity contribution < 1.29 is 0 Å². The number of halogens is 1. The van der Waals surface area contributed by atoms with Crippen LogP contribution in [0.2, 0.25) is 5.02 Å². The number of nitrogens with one attached hydrogen (secondary N) is 1. The molecule has 0 bridgehead atoms. The van der Waals surface area contributed by atoms with Crippen molar-refractivity contribution in [1.82, 2.24) is 0 Å². The molecule has 0 unspecified atom stereocenters. The van der Waals surface area contributed by atoms with Crippen molar-refractivity contribution in [3.05, 3.63) is 53.6 Å². The summed E-state index contributed by atoms with van der Waals surface area (Å²) in [6.07, 6.45) is 0. The predicted octanol–water partition coefficient (Wildman–Crippen LogP) is 3.78. The van der Waals surface area contributed by atoms with Crippen LogP contribution in [0.15, 0.2) is 58.3 Å². The molecule has 3 N–H and O–H groups in total. The number of rotatable bonds is 3. The summed E-state index contributed by atoms with van der Waals surface area (Å²) in [5, 5.41) is 0.757. The molecule has 0 amide bonds. The summed E-state index contributed by atoms with van der Waals surface area (Å²) in [5.41, 5.74) is 3.50. The first kappa shape index (κ1) is 11.3. The van der Waals surface area contributed by atoms with Crippen LogP contribution in [0.3, 0.4) is 0 Å². The lowest BCUT2D eigenvalue weighted by atomic mass is 10.3. The van der Waals surface area contributed by atoms with Crippen LogP contribution < -0.4 is 11.3 Å². The first-order valence-electron chi connectivity index (χ1n) is 4.78. The van der Waals surface area contributed by atoms with E-state index in [0.29, 0.717) is 0 Å². The molecule has 0 saturated heterocycles. The van der Waals surface area contributed by atoms with E-state index in [0.717, 1.165) is 15.6 Å². The molecule has 82 valence electrons. The maximum Gasteiger partial charge on any atom is 0.0485 e. The van der Waals surface area contributed by atoms with E-state index >= 15 is 0 Å². The summed E-state index contributed by atoms with van der Waals surface area (Å²) in [6, 6.07) is 15.7. The number of hydrogen-bond donors (Lipinski definition) is 2. The minimum atomic E-state index is 0.757. The minimum absolute atomic E-state index is 0.757. The second-order valence-electron chi connectivity index (χ2n) is 3.22. The monoisotopic (exact) mass is 250 g/mol. The molecule has 0 aromatic heterocycles. The zero-order chi connectivity index (χ0) is 11.4. The van der Waals surface area contributed by atoms with E-state index in [4.69, 9.17) is 17.4 Å². The molecule has 2 aromatic carbocycles. The van der Waals surface area contributed by atoms with Crippen LogP contribution in [0.5, 0.6) is 0 Å². The Kier molecular flexibility index (Phi) is 3.72. The van der Waals surface area contributed by atoms with Gasteiger partial charge in [-0.15, -0.1) is 0 Å². The molecule has 0 heterocycles.